The van der Waals surface area contributed by atoms with Gasteiger partial charge in [0, 0.05) is 0 Å². The molecular weight excluding hydrogens is 346 g/mol. The molecule has 2 N–H and O–H groups in total. The summed E-state index contributed by atoms with van der Waals surface area (Å²) < 4.78 is 5.16. The highest BCUT2D eigenvalue weighted by atomic mass is 35.5. The van der Waals surface area contributed by atoms with E-state index in [0.717, 1.165) is 6.07 Å². The second-order valence-electron chi connectivity index (χ2n) is 4.32. The van der Waals surface area contributed by atoms with Crippen LogP contribution >= 0.6 is 11.6 Å². The van der Waals surface area contributed by atoms with Gasteiger partial charge >= 0.3 is 5.82 Å². The molecule has 0 bridgehead atoms. The van der Waals surface area contributed by atoms with Gasteiger partial charge in [-0.15, -0.1) is 5.10 Å². The quantitative estimate of drug-likeness (QED) is 0.596. The third-order valence-electron chi connectivity index (χ3n) is 2.81. The molecule has 0 saturated heterocycles. The fourth-order valence-electron chi connectivity index (χ4n) is 1.80. The number of aromatic amines is 1. The number of hydrogen-bond donors (Lipinski definition) is 2. The molecule has 24 heavy (non-hydrogen) atoms. The molecule has 0 spiro atoms. The van der Waals surface area contributed by atoms with Crippen molar-refractivity contribution >= 4 is 34.7 Å². The molecule has 0 saturated carbocycles. The van der Waals surface area contributed by atoms with Gasteiger partial charge in [0.1, 0.15) is 11.4 Å². The lowest BCUT2D eigenvalue weighted by molar-refractivity contribution is -0.389. The lowest BCUT2D eigenvalue weighted by atomic mass is 10.2. The molecule has 11 nitrogen and oxygen atoms in total. The van der Waals surface area contributed by atoms with Gasteiger partial charge in [0.2, 0.25) is 0 Å². The van der Waals surface area contributed by atoms with Crippen molar-refractivity contribution in [2.75, 3.05) is 11.9 Å². The summed E-state index contributed by atoms with van der Waals surface area (Å²) in [4.78, 5) is 32.3. The molecule has 12 heteroatoms. The summed E-state index contributed by atoms with van der Waals surface area (Å²) in [5, 5.41) is 29.0. The summed E-state index contributed by atoms with van der Waals surface area (Å²) in [6.07, 6.45) is 0. The van der Waals surface area contributed by atoms with E-state index >= 15 is 0 Å². The number of nitrogens with one attached hydrogen (secondary N) is 2. The normalized spacial score (nSPS) is 10.2. The summed E-state index contributed by atoms with van der Waals surface area (Å²) in [7, 11) is 0. The summed E-state index contributed by atoms with van der Waals surface area (Å²) in [6, 6.07) is 3.85. The monoisotopic (exact) mass is 355 g/mol. The highest BCUT2D eigenvalue weighted by molar-refractivity contribution is 6.35. The van der Waals surface area contributed by atoms with Crippen LogP contribution in [0.2, 0.25) is 5.02 Å². The minimum atomic E-state index is -0.934. The average Bonchev–Trinajstić information content (AvgIpc) is 2.90. The first-order valence-electron chi connectivity index (χ1n) is 6.46. The number of H-pyrrole nitrogens is 1. The van der Waals surface area contributed by atoms with Crippen LogP contribution in [0, 0.1) is 20.2 Å². The van der Waals surface area contributed by atoms with Crippen LogP contribution in [0.25, 0.3) is 0 Å². The highest BCUT2D eigenvalue weighted by Gasteiger charge is 2.27. The number of aromatic nitrogens is 2. The maximum atomic E-state index is 12.1. The number of benzene rings is 1. The van der Waals surface area contributed by atoms with Crippen molar-refractivity contribution in [2.45, 2.75) is 6.92 Å². The molecule has 0 radical (unpaired) electrons. The Kier molecular flexibility index (Phi) is 4.94. The topological polar surface area (TPSA) is 153 Å². The second-order valence-corrected chi connectivity index (χ2v) is 4.69. The van der Waals surface area contributed by atoms with Crippen molar-refractivity contribution in [3.63, 3.8) is 0 Å². The van der Waals surface area contributed by atoms with Gasteiger partial charge in [-0.25, -0.2) is 0 Å². The fourth-order valence-corrected chi connectivity index (χ4v) is 2.04. The standard InChI is InChI=1S/C12H10ClN5O6/c1-2-24-6-3-4-7(8(5-6)17(20)21)14-12(19)10-9(13)11(16-15-10)18(22)23/h3-5H,2H2,1H3,(H,14,19)(H,15,16). The van der Waals surface area contributed by atoms with E-state index in [1.807, 2.05) is 5.10 Å². The summed E-state index contributed by atoms with van der Waals surface area (Å²) in [6.45, 7) is 2.03. The Labute approximate surface area is 138 Å². The van der Waals surface area contributed by atoms with Crippen molar-refractivity contribution < 1.29 is 19.4 Å². The Bertz CT molecular complexity index is 820. The van der Waals surface area contributed by atoms with Crippen LogP contribution in [0.5, 0.6) is 5.75 Å². The fraction of sp³-hybridized carbons (Fsp3) is 0.167. The highest BCUT2D eigenvalue weighted by Crippen LogP contribution is 2.31. The van der Waals surface area contributed by atoms with Crippen molar-refractivity contribution in [3.8, 4) is 5.75 Å². The smallest absolute Gasteiger partial charge is 0.362 e. The number of carbonyl (C=O) groups excluding carboxylic acids is 1. The van der Waals surface area contributed by atoms with E-state index in [2.05, 4.69) is 10.4 Å². The van der Waals surface area contributed by atoms with Crippen LogP contribution in [0.4, 0.5) is 17.2 Å². The first-order valence-corrected chi connectivity index (χ1v) is 6.83. The predicted octanol–water partition coefficient (Wildman–Crippen LogP) is 2.53. The number of rotatable bonds is 6. The molecule has 1 aromatic heterocycles. The Morgan fingerprint density at radius 2 is 2.08 bits per heavy atom. The van der Waals surface area contributed by atoms with E-state index in [1.165, 1.54) is 12.1 Å². The van der Waals surface area contributed by atoms with E-state index in [1.54, 1.807) is 6.92 Å². The van der Waals surface area contributed by atoms with Crippen LogP contribution < -0.4 is 10.1 Å². The molecule has 1 aromatic carbocycles. The lowest BCUT2D eigenvalue weighted by Crippen LogP contribution is -2.14. The first-order chi connectivity index (χ1) is 11.3. The molecule has 0 aliphatic carbocycles. The third-order valence-corrected chi connectivity index (χ3v) is 3.17. The molecule has 1 heterocycles. The maximum Gasteiger partial charge on any atom is 0.362 e. The van der Waals surface area contributed by atoms with Crippen LogP contribution in [-0.4, -0.2) is 32.6 Å². The summed E-state index contributed by atoms with van der Waals surface area (Å²) >= 11 is 5.70. The number of halogens is 1. The molecule has 0 fully saturated rings. The van der Waals surface area contributed by atoms with Gasteiger partial charge in [-0.3, -0.25) is 14.9 Å². The molecule has 126 valence electrons. The van der Waals surface area contributed by atoms with Crippen molar-refractivity contribution in [1.82, 2.24) is 10.2 Å². The van der Waals surface area contributed by atoms with Gasteiger partial charge in [0.15, 0.2) is 10.7 Å². The van der Waals surface area contributed by atoms with Crippen molar-refractivity contribution in [1.29, 1.82) is 0 Å². The Morgan fingerprint density at radius 3 is 2.62 bits per heavy atom. The Hall–Kier alpha value is -3.21. The number of nitro groups is 2. The van der Waals surface area contributed by atoms with Gasteiger partial charge in [0.25, 0.3) is 11.6 Å². The first kappa shape index (κ1) is 17.1. The summed E-state index contributed by atoms with van der Waals surface area (Å²) in [5.74, 6) is -1.32. The molecule has 0 unspecified atom stereocenters. The number of nitrogens with zero attached hydrogens (tertiary/aromatic N) is 3. The van der Waals surface area contributed by atoms with Gasteiger partial charge in [-0.2, -0.15) is 0 Å². The van der Waals surface area contributed by atoms with Gasteiger partial charge in [0.05, 0.1) is 17.6 Å². The number of amides is 1. The molecular formula is C12H10ClN5O6. The van der Waals surface area contributed by atoms with Gasteiger partial charge < -0.3 is 20.2 Å². The largest absolute Gasteiger partial charge is 0.494 e. The van der Waals surface area contributed by atoms with Crippen LogP contribution in [-0.2, 0) is 0 Å². The second kappa shape index (κ2) is 6.91. The SMILES string of the molecule is CCOc1ccc(NC(=O)c2n[nH]c([N+](=O)[O-])c2Cl)c([N+](=O)[O-])c1. The van der Waals surface area contributed by atoms with Crippen LogP contribution in [0.15, 0.2) is 18.2 Å². The molecule has 0 atom stereocenters. The minimum absolute atomic E-state index is 0.129. The summed E-state index contributed by atoms with van der Waals surface area (Å²) in [5.41, 5.74) is -0.989. The van der Waals surface area contributed by atoms with E-state index in [4.69, 9.17) is 16.3 Å². The van der Waals surface area contributed by atoms with Crippen molar-refractivity contribution in [3.05, 3.63) is 49.1 Å². The molecule has 2 rings (SSSR count). The van der Waals surface area contributed by atoms with E-state index in [9.17, 15) is 25.0 Å². The minimum Gasteiger partial charge on any atom is -0.494 e. The molecule has 0 aliphatic rings. The Morgan fingerprint density at radius 1 is 1.38 bits per heavy atom. The Balaban J connectivity index is 2.32. The predicted molar refractivity (Wildman–Crippen MR) is 82.5 cm³/mol. The van der Waals surface area contributed by atoms with Gasteiger partial charge in [-0.05, 0) is 24.0 Å². The number of anilines is 1. The zero-order valence-electron chi connectivity index (χ0n) is 12.1. The van der Waals surface area contributed by atoms with E-state index in [-0.39, 0.29) is 11.4 Å². The van der Waals surface area contributed by atoms with Gasteiger partial charge in [-0.1, -0.05) is 16.7 Å². The molecule has 0 aliphatic heterocycles. The maximum absolute atomic E-state index is 12.1. The zero-order valence-corrected chi connectivity index (χ0v) is 12.9. The number of carbonyl (C=O) groups is 1. The van der Waals surface area contributed by atoms with Crippen molar-refractivity contribution in [2.24, 2.45) is 0 Å². The average molecular weight is 356 g/mol. The van der Waals surface area contributed by atoms with Crippen LogP contribution in [0.1, 0.15) is 17.4 Å². The third kappa shape index (κ3) is 3.41. The zero-order chi connectivity index (χ0) is 17.9. The lowest BCUT2D eigenvalue weighted by Gasteiger charge is -2.07. The number of nitro benzene ring substituents is 1. The van der Waals surface area contributed by atoms with E-state index < -0.39 is 38.0 Å². The number of ether oxygens (including phenoxy) is 1. The van der Waals surface area contributed by atoms with Crippen LogP contribution in [0.3, 0.4) is 0 Å². The number of hydrogen-bond acceptors (Lipinski definition) is 7. The molecule has 2 aromatic rings. The molecule has 1 amide bonds. The van der Waals surface area contributed by atoms with E-state index in [0.29, 0.717) is 6.61 Å².